The molecule has 1 N–H and O–H groups in total. The van der Waals surface area contributed by atoms with Crippen molar-refractivity contribution in [3.8, 4) is 5.75 Å². The first-order valence-electron chi connectivity index (χ1n) is 7.14. The fourth-order valence-electron chi connectivity index (χ4n) is 1.79. The number of rotatable bonds is 4. The van der Waals surface area contributed by atoms with Gasteiger partial charge in [0.1, 0.15) is 5.75 Å². The van der Waals surface area contributed by atoms with Crippen molar-refractivity contribution in [2.45, 2.75) is 39.2 Å². The van der Waals surface area contributed by atoms with Gasteiger partial charge in [0, 0.05) is 18.0 Å². The molecule has 0 saturated heterocycles. The van der Waals surface area contributed by atoms with Gasteiger partial charge in [0.25, 0.3) is 11.8 Å². The quantitative estimate of drug-likeness (QED) is 0.939. The largest absolute Gasteiger partial charge is 0.481 e. The molecule has 0 radical (unpaired) electrons. The first-order valence-corrected chi connectivity index (χ1v) is 7.14. The number of benzene rings is 1. The molecule has 0 fully saturated rings. The molecule has 22 heavy (non-hydrogen) atoms. The first kappa shape index (κ1) is 16.0. The van der Waals surface area contributed by atoms with E-state index in [0.29, 0.717) is 23.0 Å². The molecule has 1 aromatic carbocycles. The van der Waals surface area contributed by atoms with Crippen LogP contribution in [0.4, 0.5) is 0 Å². The van der Waals surface area contributed by atoms with E-state index in [4.69, 9.17) is 9.26 Å². The summed E-state index contributed by atoms with van der Waals surface area (Å²) in [4.78, 5) is 15.8. The molecular weight excluding hydrogens is 282 g/mol. The van der Waals surface area contributed by atoms with Crippen LogP contribution in [0, 0.1) is 0 Å². The Kier molecular flexibility index (Phi) is 4.49. The molecule has 118 valence electrons. The van der Waals surface area contributed by atoms with Crippen LogP contribution in [0.1, 0.15) is 55.9 Å². The molecule has 2 rings (SSSR count). The van der Waals surface area contributed by atoms with Gasteiger partial charge in [-0.3, -0.25) is 4.79 Å². The maximum absolute atomic E-state index is 11.5. The van der Waals surface area contributed by atoms with Crippen molar-refractivity contribution in [1.82, 2.24) is 15.5 Å². The van der Waals surface area contributed by atoms with Crippen LogP contribution in [0.2, 0.25) is 0 Å². The third-order valence-corrected chi connectivity index (χ3v) is 3.12. The van der Waals surface area contributed by atoms with E-state index >= 15 is 0 Å². The van der Waals surface area contributed by atoms with Gasteiger partial charge in [-0.2, -0.15) is 4.98 Å². The lowest BCUT2D eigenvalue weighted by atomic mass is 9.96. The van der Waals surface area contributed by atoms with Gasteiger partial charge in [0.2, 0.25) is 0 Å². The second-order valence-corrected chi connectivity index (χ2v) is 6.07. The summed E-state index contributed by atoms with van der Waals surface area (Å²) in [7, 11) is 1.59. The summed E-state index contributed by atoms with van der Waals surface area (Å²) < 4.78 is 11.0. The highest BCUT2D eigenvalue weighted by molar-refractivity contribution is 5.94. The van der Waals surface area contributed by atoms with Crippen LogP contribution in [0.25, 0.3) is 0 Å². The molecule has 0 spiro atoms. The highest BCUT2D eigenvalue weighted by Gasteiger charge is 2.23. The Morgan fingerprint density at radius 1 is 1.27 bits per heavy atom. The van der Waals surface area contributed by atoms with Crippen molar-refractivity contribution >= 4 is 5.91 Å². The van der Waals surface area contributed by atoms with Gasteiger partial charge in [0.15, 0.2) is 11.9 Å². The van der Waals surface area contributed by atoms with Crippen LogP contribution in [0.15, 0.2) is 28.8 Å². The van der Waals surface area contributed by atoms with Crippen molar-refractivity contribution in [1.29, 1.82) is 0 Å². The van der Waals surface area contributed by atoms with Gasteiger partial charge in [0.05, 0.1) is 0 Å². The lowest BCUT2D eigenvalue weighted by Crippen LogP contribution is -2.17. The second-order valence-electron chi connectivity index (χ2n) is 6.07. The average molecular weight is 303 g/mol. The molecular formula is C16H21N3O3. The Labute approximate surface area is 129 Å². The number of hydrogen-bond donors (Lipinski definition) is 1. The topological polar surface area (TPSA) is 77.2 Å². The molecule has 1 heterocycles. The fourth-order valence-corrected chi connectivity index (χ4v) is 1.79. The maximum Gasteiger partial charge on any atom is 0.267 e. The molecule has 0 saturated carbocycles. The highest BCUT2D eigenvalue weighted by Crippen LogP contribution is 2.24. The second kappa shape index (κ2) is 6.17. The molecule has 0 aliphatic heterocycles. The number of carbonyl (C=O) groups excluding carboxylic acids is 1. The number of amides is 1. The molecule has 0 bridgehead atoms. The summed E-state index contributed by atoms with van der Waals surface area (Å²) in [6, 6.07) is 6.88. The van der Waals surface area contributed by atoms with E-state index in [-0.39, 0.29) is 17.4 Å². The summed E-state index contributed by atoms with van der Waals surface area (Å²) in [5, 5.41) is 6.55. The molecule has 2 aromatic rings. The minimum absolute atomic E-state index is 0.133. The Hall–Kier alpha value is -2.37. The zero-order valence-corrected chi connectivity index (χ0v) is 13.5. The van der Waals surface area contributed by atoms with E-state index in [0.717, 1.165) is 0 Å². The van der Waals surface area contributed by atoms with Crippen LogP contribution in [0.3, 0.4) is 0 Å². The summed E-state index contributed by atoms with van der Waals surface area (Å²) in [5.41, 5.74) is 0.409. The normalized spacial score (nSPS) is 12.8. The summed E-state index contributed by atoms with van der Waals surface area (Å²) in [6.45, 7) is 7.90. The molecule has 1 aromatic heterocycles. The SMILES string of the molecule is CNC(=O)c1ccc(O[C@@H](C)c2nc(C(C)(C)C)no2)cc1. The predicted molar refractivity (Wildman–Crippen MR) is 81.9 cm³/mol. The van der Waals surface area contributed by atoms with Gasteiger partial charge in [-0.25, -0.2) is 0 Å². The molecule has 1 atom stereocenters. The summed E-state index contributed by atoms with van der Waals surface area (Å²) >= 11 is 0. The monoisotopic (exact) mass is 303 g/mol. The number of nitrogens with zero attached hydrogens (tertiary/aromatic N) is 2. The van der Waals surface area contributed by atoms with E-state index in [2.05, 4.69) is 15.5 Å². The minimum atomic E-state index is -0.366. The minimum Gasteiger partial charge on any atom is -0.481 e. The van der Waals surface area contributed by atoms with E-state index in [9.17, 15) is 4.79 Å². The van der Waals surface area contributed by atoms with Crippen LogP contribution in [0.5, 0.6) is 5.75 Å². The number of ether oxygens (including phenoxy) is 1. The molecule has 0 aliphatic rings. The summed E-state index contributed by atoms with van der Waals surface area (Å²) in [6.07, 6.45) is -0.366. The zero-order valence-electron chi connectivity index (χ0n) is 13.5. The van der Waals surface area contributed by atoms with Crippen molar-refractivity contribution in [3.05, 3.63) is 41.5 Å². The average Bonchev–Trinajstić information content (AvgIpc) is 2.97. The van der Waals surface area contributed by atoms with E-state index in [1.165, 1.54) is 0 Å². The third kappa shape index (κ3) is 3.63. The Balaban J connectivity index is 2.07. The Morgan fingerprint density at radius 3 is 2.41 bits per heavy atom. The molecule has 6 nitrogen and oxygen atoms in total. The number of hydrogen-bond acceptors (Lipinski definition) is 5. The van der Waals surface area contributed by atoms with Gasteiger partial charge >= 0.3 is 0 Å². The Morgan fingerprint density at radius 2 is 1.91 bits per heavy atom. The van der Waals surface area contributed by atoms with Crippen molar-refractivity contribution < 1.29 is 14.1 Å². The van der Waals surface area contributed by atoms with Crippen LogP contribution in [-0.4, -0.2) is 23.1 Å². The predicted octanol–water partition coefficient (Wildman–Crippen LogP) is 2.87. The lowest BCUT2D eigenvalue weighted by Gasteiger charge is -2.12. The van der Waals surface area contributed by atoms with Gasteiger partial charge < -0.3 is 14.6 Å². The van der Waals surface area contributed by atoms with Gasteiger partial charge in [-0.1, -0.05) is 25.9 Å². The number of aromatic nitrogens is 2. The molecule has 0 unspecified atom stereocenters. The van der Waals surface area contributed by atoms with Crippen LogP contribution >= 0.6 is 0 Å². The van der Waals surface area contributed by atoms with Crippen LogP contribution in [-0.2, 0) is 5.41 Å². The third-order valence-electron chi connectivity index (χ3n) is 3.12. The molecule has 6 heteroatoms. The van der Waals surface area contributed by atoms with Gasteiger partial charge in [-0.15, -0.1) is 0 Å². The van der Waals surface area contributed by atoms with E-state index in [1.54, 1.807) is 31.3 Å². The molecule has 1 amide bonds. The Bertz CT molecular complexity index is 641. The fraction of sp³-hybridized carbons (Fsp3) is 0.438. The highest BCUT2D eigenvalue weighted by atomic mass is 16.5. The number of carbonyl (C=O) groups is 1. The van der Waals surface area contributed by atoms with E-state index in [1.807, 2.05) is 27.7 Å². The van der Waals surface area contributed by atoms with Crippen LogP contribution < -0.4 is 10.1 Å². The maximum atomic E-state index is 11.5. The van der Waals surface area contributed by atoms with Crippen molar-refractivity contribution in [2.75, 3.05) is 7.05 Å². The van der Waals surface area contributed by atoms with Gasteiger partial charge in [-0.05, 0) is 31.2 Å². The standard InChI is InChI=1S/C16H21N3O3/c1-10(14-18-15(19-22-14)16(2,3)4)21-12-8-6-11(7-9-12)13(20)17-5/h6-10H,1-5H3,(H,17,20)/t10-/m0/s1. The molecule has 0 aliphatic carbocycles. The lowest BCUT2D eigenvalue weighted by molar-refractivity contribution is 0.0963. The smallest absolute Gasteiger partial charge is 0.267 e. The van der Waals surface area contributed by atoms with Crippen molar-refractivity contribution in [2.24, 2.45) is 0 Å². The first-order chi connectivity index (χ1) is 10.3. The zero-order chi connectivity index (χ0) is 16.3. The van der Waals surface area contributed by atoms with Crippen molar-refractivity contribution in [3.63, 3.8) is 0 Å². The summed E-state index contributed by atoms with van der Waals surface area (Å²) in [5.74, 6) is 1.58. The van der Waals surface area contributed by atoms with E-state index < -0.39 is 0 Å². The number of nitrogens with one attached hydrogen (secondary N) is 1.